The number of rotatable bonds is 2. The summed E-state index contributed by atoms with van der Waals surface area (Å²) in [6.07, 6.45) is 8.03. The zero-order valence-corrected chi connectivity index (χ0v) is 10.7. The van der Waals surface area contributed by atoms with Crippen molar-refractivity contribution in [2.24, 2.45) is 5.92 Å². The van der Waals surface area contributed by atoms with Gasteiger partial charge in [-0.3, -0.25) is 0 Å². The van der Waals surface area contributed by atoms with Gasteiger partial charge in [-0.1, -0.05) is 18.0 Å². The van der Waals surface area contributed by atoms with Crippen LogP contribution in [0.5, 0.6) is 0 Å². The molecule has 1 aliphatic heterocycles. The first kappa shape index (κ1) is 11.2. The largest absolute Gasteiger partial charge is 0.461 e. The summed E-state index contributed by atoms with van der Waals surface area (Å²) in [7, 11) is 0. The second kappa shape index (κ2) is 4.49. The molecule has 5 nitrogen and oxygen atoms in total. The Morgan fingerprint density at radius 2 is 2.21 bits per heavy atom. The van der Waals surface area contributed by atoms with Gasteiger partial charge in [-0.15, -0.1) is 0 Å². The molecule has 2 aromatic heterocycles. The molecule has 0 bridgehead atoms. The van der Waals surface area contributed by atoms with E-state index in [1.807, 2.05) is 12.1 Å². The van der Waals surface area contributed by atoms with E-state index >= 15 is 0 Å². The molecule has 3 heterocycles. The van der Waals surface area contributed by atoms with E-state index in [-0.39, 0.29) is 6.04 Å². The van der Waals surface area contributed by atoms with Crippen molar-refractivity contribution in [2.45, 2.75) is 44.2 Å². The smallest absolute Gasteiger partial charge is 0.244 e. The molecule has 0 amide bonds. The number of nitrogens with zero attached hydrogens (tertiary/aromatic N) is 2. The van der Waals surface area contributed by atoms with E-state index in [4.69, 9.17) is 8.94 Å². The number of hydrogen-bond acceptors (Lipinski definition) is 5. The zero-order chi connectivity index (χ0) is 12.7. The van der Waals surface area contributed by atoms with Gasteiger partial charge in [-0.25, -0.2) is 0 Å². The average molecular weight is 259 g/mol. The molecule has 2 aromatic rings. The lowest BCUT2D eigenvalue weighted by atomic mass is 9.85. The summed E-state index contributed by atoms with van der Waals surface area (Å²) in [5, 5.41) is 7.64. The van der Waals surface area contributed by atoms with E-state index in [1.165, 1.54) is 25.7 Å². The molecular formula is C14H17N3O2. The Hall–Kier alpha value is -1.62. The predicted octanol–water partition coefficient (Wildman–Crippen LogP) is 2.92. The Kier molecular flexibility index (Phi) is 2.65. The van der Waals surface area contributed by atoms with Crippen LogP contribution in [-0.4, -0.2) is 16.2 Å². The molecular weight excluding hydrogens is 242 g/mol. The van der Waals surface area contributed by atoms with E-state index in [0.29, 0.717) is 23.5 Å². The van der Waals surface area contributed by atoms with Crippen molar-refractivity contribution in [1.82, 2.24) is 15.5 Å². The topological polar surface area (TPSA) is 64.1 Å². The van der Waals surface area contributed by atoms with Crippen LogP contribution in [0.2, 0.25) is 0 Å². The molecule has 2 aliphatic rings. The lowest BCUT2D eigenvalue weighted by molar-refractivity contribution is 0.324. The fraction of sp³-hybridized carbons (Fsp3) is 0.571. The van der Waals surface area contributed by atoms with Crippen molar-refractivity contribution in [1.29, 1.82) is 0 Å². The minimum absolute atomic E-state index is 0.212. The van der Waals surface area contributed by atoms with Crippen LogP contribution < -0.4 is 5.32 Å². The first-order valence-electron chi connectivity index (χ1n) is 7.04. The van der Waals surface area contributed by atoms with E-state index in [2.05, 4.69) is 15.5 Å². The molecule has 1 aliphatic carbocycles. The van der Waals surface area contributed by atoms with Gasteiger partial charge in [0.05, 0.1) is 12.3 Å². The lowest BCUT2D eigenvalue weighted by Gasteiger charge is -2.24. The van der Waals surface area contributed by atoms with Crippen LogP contribution in [0.3, 0.4) is 0 Å². The Bertz CT molecular complexity index is 535. The van der Waals surface area contributed by atoms with Gasteiger partial charge in [0.1, 0.15) is 0 Å². The molecule has 0 aromatic carbocycles. The molecule has 19 heavy (non-hydrogen) atoms. The minimum atomic E-state index is 0.212. The van der Waals surface area contributed by atoms with Gasteiger partial charge in [0.15, 0.2) is 5.76 Å². The van der Waals surface area contributed by atoms with E-state index in [1.54, 1.807) is 6.26 Å². The quantitative estimate of drug-likeness (QED) is 0.898. The van der Waals surface area contributed by atoms with Crippen molar-refractivity contribution in [2.75, 3.05) is 0 Å². The normalized spacial score (nSPS) is 30.4. The highest BCUT2D eigenvalue weighted by Gasteiger charge is 2.38. The second-order valence-corrected chi connectivity index (χ2v) is 5.54. The molecule has 1 saturated carbocycles. The van der Waals surface area contributed by atoms with Gasteiger partial charge in [-0.2, -0.15) is 4.98 Å². The average Bonchev–Trinajstić information content (AvgIpc) is 3.17. The van der Waals surface area contributed by atoms with Crippen LogP contribution in [0.25, 0.3) is 11.6 Å². The highest BCUT2D eigenvalue weighted by Crippen LogP contribution is 2.38. The molecule has 1 saturated heterocycles. The summed E-state index contributed by atoms with van der Waals surface area (Å²) in [4.78, 5) is 4.46. The van der Waals surface area contributed by atoms with Crippen molar-refractivity contribution in [3.63, 3.8) is 0 Å². The van der Waals surface area contributed by atoms with Crippen LogP contribution in [0, 0.1) is 5.92 Å². The van der Waals surface area contributed by atoms with E-state index < -0.39 is 0 Å². The Balaban J connectivity index is 1.54. The van der Waals surface area contributed by atoms with Gasteiger partial charge in [-0.05, 0) is 37.3 Å². The summed E-state index contributed by atoms with van der Waals surface area (Å²) >= 11 is 0. The molecule has 100 valence electrons. The fourth-order valence-corrected chi connectivity index (χ4v) is 3.39. The fourth-order valence-electron chi connectivity index (χ4n) is 3.39. The number of fused-ring (bicyclic) bond motifs is 1. The standard InChI is InChI=1S/C14H17N3O2/c1-2-5-10-9(4-1)8-11(15-10)14-16-13(17-19-14)12-6-3-7-18-12/h3,6-7,9-11,15H,1-2,4-5,8H2. The Morgan fingerprint density at radius 3 is 3.05 bits per heavy atom. The summed E-state index contributed by atoms with van der Waals surface area (Å²) in [5.74, 6) is 2.67. The first-order valence-corrected chi connectivity index (χ1v) is 7.04. The summed E-state index contributed by atoms with van der Waals surface area (Å²) in [6, 6.07) is 4.52. The van der Waals surface area contributed by atoms with Crippen LogP contribution >= 0.6 is 0 Å². The third-order valence-electron chi connectivity index (χ3n) is 4.34. The SMILES string of the molecule is c1coc(-c2noc(C3CC4CCCCC4N3)n2)c1. The highest BCUT2D eigenvalue weighted by atomic mass is 16.5. The van der Waals surface area contributed by atoms with Gasteiger partial charge >= 0.3 is 0 Å². The molecule has 3 atom stereocenters. The molecule has 5 heteroatoms. The zero-order valence-electron chi connectivity index (χ0n) is 10.7. The molecule has 0 radical (unpaired) electrons. The van der Waals surface area contributed by atoms with Crippen molar-refractivity contribution >= 4 is 0 Å². The molecule has 4 rings (SSSR count). The predicted molar refractivity (Wildman–Crippen MR) is 68.2 cm³/mol. The number of aromatic nitrogens is 2. The van der Waals surface area contributed by atoms with Gasteiger partial charge < -0.3 is 14.3 Å². The maximum absolute atomic E-state index is 5.39. The minimum Gasteiger partial charge on any atom is -0.461 e. The Labute approximate surface area is 111 Å². The Morgan fingerprint density at radius 1 is 1.26 bits per heavy atom. The van der Waals surface area contributed by atoms with Crippen molar-refractivity contribution in [3.05, 3.63) is 24.3 Å². The molecule has 0 spiro atoms. The summed E-state index contributed by atoms with van der Waals surface area (Å²) < 4.78 is 10.7. The molecule has 1 N–H and O–H groups in total. The molecule has 3 unspecified atom stereocenters. The monoisotopic (exact) mass is 259 g/mol. The third-order valence-corrected chi connectivity index (χ3v) is 4.34. The van der Waals surface area contributed by atoms with Crippen LogP contribution in [-0.2, 0) is 0 Å². The van der Waals surface area contributed by atoms with Gasteiger partial charge in [0, 0.05) is 6.04 Å². The number of hydrogen-bond donors (Lipinski definition) is 1. The second-order valence-electron chi connectivity index (χ2n) is 5.54. The van der Waals surface area contributed by atoms with Crippen molar-refractivity contribution < 1.29 is 8.94 Å². The third kappa shape index (κ3) is 1.98. The summed E-state index contributed by atoms with van der Waals surface area (Å²) in [5.41, 5.74) is 0. The van der Waals surface area contributed by atoms with E-state index in [0.717, 1.165) is 12.3 Å². The van der Waals surface area contributed by atoms with Gasteiger partial charge in [0.2, 0.25) is 11.7 Å². The number of nitrogens with one attached hydrogen (secondary N) is 1. The maximum atomic E-state index is 5.39. The summed E-state index contributed by atoms with van der Waals surface area (Å²) in [6.45, 7) is 0. The van der Waals surface area contributed by atoms with Crippen LogP contribution in [0.1, 0.15) is 44.0 Å². The lowest BCUT2D eigenvalue weighted by Crippen LogP contribution is -2.30. The maximum Gasteiger partial charge on any atom is 0.244 e. The first-order chi connectivity index (χ1) is 9.40. The highest BCUT2D eigenvalue weighted by molar-refractivity contribution is 5.44. The van der Waals surface area contributed by atoms with Crippen LogP contribution in [0.15, 0.2) is 27.3 Å². The van der Waals surface area contributed by atoms with Crippen molar-refractivity contribution in [3.8, 4) is 11.6 Å². The molecule has 2 fully saturated rings. The van der Waals surface area contributed by atoms with Crippen LogP contribution in [0.4, 0.5) is 0 Å². The van der Waals surface area contributed by atoms with E-state index in [9.17, 15) is 0 Å². The number of furan rings is 1. The van der Waals surface area contributed by atoms with Gasteiger partial charge in [0.25, 0.3) is 0 Å².